The normalized spacial score (nSPS) is 14.0. The predicted molar refractivity (Wildman–Crippen MR) is 68.6 cm³/mol. The van der Waals surface area contributed by atoms with E-state index in [1.165, 1.54) is 0 Å². The molecule has 4 nitrogen and oxygen atoms in total. The summed E-state index contributed by atoms with van der Waals surface area (Å²) in [7, 11) is 0. The maximum absolute atomic E-state index is 11.0. The maximum atomic E-state index is 11.0. The third-order valence-electron chi connectivity index (χ3n) is 2.38. The number of hydrogen-bond donors (Lipinski definition) is 1. The van der Waals surface area contributed by atoms with Crippen molar-refractivity contribution in [3.63, 3.8) is 0 Å². The third kappa shape index (κ3) is 2.35. The van der Waals surface area contributed by atoms with Crippen LogP contribution in [0.2, 0.25) is 0 Å². The van der Waals surface area contributed by atoms with Gasteiger partial charge in [-0.1, -0.05) is 12.2 Å². The zero-order valence-corrected chi connectivity index (χ0v) is 10.7. The van der Waals surface area contributed by atoms with Crippen LogP contribution >= 0.6 is 15.9 Å². The molecule has 0 amide bonds. The first-order chi connectivity index (χ1) is 8.27. The lowest BCUT2D eigenvalue weighted by atomic mass is 10.1. The molecule has 1 aliphatic rings. The van der Waals surface area contributed by atoms with Crippen molar-refractivity contribution >= 4 is 28.3 Å². The first-order valence-electron chi connectivity index (χ1n) is 5.21. The number of rotatable bonds is 3. The Morgan fingerprint density at radius 2 is 2.06 bits per heavy atom. The summed E-state index contributed by atoms with van der Waals surface area (Å²) in [5.41, 5.74) is 6.75. The number of carbonyl (C=O) groups excluding carboxylic acids is 1. The second-order valence-corrected chi connectivity index (χ2v) is 4.33. The van der Waals surface area contributed by atoms with Gasteiger partial charge in [-0.05, 0) is 22.0 Å². The number of ether oxygens (including phenoxy) is 2. The van der Waals surface area contributed by atoms with E-state index in [0.717, 1.165) is 11.8 Å². The summed E-state index contributed by atoms with van der Waals surface area (Å²) in [4.78, 5) is 11.0. The molecule has 1 aliphatic heterocycles. The molecule has 1 aromatic rings. The van der Waals surface area contributed by atoms with Crippen LogP contribution in [0.4, 0.5) is 0 Å². The highest BCUT2D eigenvalue weighted by molar-refractivity contribution is 9.10. The number of benzene rings is 1. The third-order valence-corrected chi connectivity index (χ3v) is 3.04. The van der Waals surface area contributed by atoms with E-state index in [1.807, 2.05) is 18.2 Å². The molecule has 2 rings (SSSR count). The quantitative estimate of drug-likeness (QED) is 0.867. The minimum Gasteiger partial charge on any atom is -0.485 e. The van der Waals surface area contributed by atoms with E-state index >= 15 is 0 Å². The van der Waals surface area contributed by atoms with E-state index in [2.05, 4.69) is 15.9 Å². The molecule has 0 spiro atoms. The average molecular weight is 298 g/mol. The van der Waals surface area contributed by atoms with Crippen molar-refractivity contribution in [3.8, 4) is 11.5 Å². The van der Waals surface area contributed by atoms with Crippen LogP contribution in [-0.2, 0) is 0 Å². The monoisotopic (exact) mass is 297 g/mol. The van der Waals surface area contributed by atoms with Gasteiger partial charge in [-0.2, -0.15) is 0 Å². The fourth-order valence-corrected chi connectivity index (χ4v) is 2.17. The highest BCUT2D eigenvalue weighted by atomic mass is 79.9. The second-order valence-electron chi connectivity index (χ2n) is 3.47. The molecule has 1 heterocycles. The SMILES string of the molecule is NC/C=C/c1cc(Br)c(C=O)c2c1OCCO2. The Kier molecular flexibility index (Phi) is 3.81. The van der Waals surface area contributed by atoms with Gasteiger partial charge in [-0.25, -0.2) is 0 Å². The van der Waals surface area contributed by atoms with Gasteiger partial charge in [0.1, 0.15) is 13.2 Å². The molecule has 1 aromatic carbocycles. The van der Waals surface area contributed by atoms with Gasteiger partial charge in [0, 0.05) is 16.6 Å². The van der Waals surface area contributed by atoms with Crippen LogP contribution in [0.25, 0.3) is 6.08 Å². The Hall–Kier alpha value is -1.33. The summed E-state index contributed by atoms with van der Waals surface area (Å²) >= 11 is 3.35. The Balaban J connectivity index is 2.58. The van der Waals surface area contributed by atoms with E-state index in [-0.39, 0.29) is 0 Å². The van der Waals surface area contributed by atoms with Gasteiger partial charge in [0.15, 0.2) is 17.8 Å². The van der Waals surface area contributed by atoms with Crippen molar-refractivity contribution < 1.29 is 14.3 Å². The summed E-state index contributed by atoms with van der Waals surface area (Å²) in [5.74, 6) is 1.10. The smallest absolute Gasteiger partial charge is 0.173 e. The lowest BCUT2D eigenvalue weighted by Gasteiger charge is -2.22. The molecule has 0 saturated carbocycles. The Bertz CT molecular complexity index is 471. The fourth-order valence-electron chi connectivity index (χ4n) is 1.65. The topological polar surface area (TPSA) is 61.6 Å². The Morgan fingerprint density at radius 3 is 2.71 bits per heavy atom. The molecule has 0 unspecified atom stereocenters. The van der Waals surface area contributed by atoms with Gasteiger partial charge in [0.25, 0.3) is 0 Å². The van der Waals surface area contributed by atoms with Crippen LogP contribution in [0.5, 0.6) is 11.5 Å². The lowest BCUT2D eigenvalue weighted by Crippen LogP contribution is -2.17. The van der Waals surface area contributed by atoms with Crippen molar-refractivity contribution in [2.45, 2.75) is 0 Å². The van der Waals surface area contributed by atoms with E-state index < -0.39 is 0 Å². The maximum Gasteiger partial charge on any atom is 0.173 e. The van der Waals surface area contributed by atoms with Crippen LogP contribution in [0.1, 0.15) is 15.9 Å². The number of hydrogen-bond acceptors (Lipinski definition) is 4. The number of fused-ring (bicyclic) bond motifs is 1. The van der Waals surface area contributed by atoms with Gasteiger partial charge in [0.2, 0.25) is 0 Å². The fraction of sp³-hybridized carbons (Fsp3) is 0.250. The Morgan fingerprint density at radius 1 is 1.35 bits per heavy atom. The van der Waals surface area contributed by atoms with E-state index in [1.54, 1.807) is 0 Å². The molecule has 2 N–H and O–H groups in total. The number of aldehydes is 1. The van der Waals surface area contributed by atoms with Gasteiger partial charge in [-0.15, -0.1) is 0 Å². The van der Waals surface area contributed by atoms with Crippen LogP contribution in [0.15, 0.2) is 16.6 Å². The highest BCUT2D eigenvalue weighted by Crippen LogP contribution is 2.41. The zero-order valence-electron chi connectivity index (χ0n) is 9.11. The van der Waals surface area contributed by atoms with Crippen LogP contribution in [-0.4, -0.2) is 26.0 Å². The number of carbonyl (C=O) groups is 1. The van der Waals surface area contributed by atoms with E-state index in [4.69, 9.17) is 15.2 Å². The van der Waals surface area contributed by atoms with E-state index in [9.17, 15) is 4.79 Å². The minimum atomic E-state index is 0.447. The van der Waals surface area contributed by atoms with Crippen molar-refractivity contribution in [1.82, 2.24) is 0 Å². The number of halogens is 1. The first-order valence-corrected chi connectivity index (χ1v) is 6.01. The predicted octanol–water partition coefficient (Wildman–Crippen LogP) is 2.00. The summed E-state index contributed by atoms with van der Waals surface area (Å²) in [6, 6.07) is 1.82. The largest absolute Gasteiger partial charge is 0.485 e. The second kappa shape index (κ2) is 5.33. The standard InChI is InChI=1S/C12H12BrNO3/c13-10-6-8(2-1-3-14)11-12(9(10)7-15)17-5-4-16-11/h1-2,6-7H,3-5,14H2/b2-1+. The van der Waals surface area contributed by atoms with Gasteiger partial charge >= 0.3 is 0 Å². The Labute approximate surface area is 108 Å². The first kappa shape index (κ1) is 12.1. The summed E-state index contributed by atoms with van der Waals surface area (Å²) < 4.78 is 11.7. The molecule has 0 radical (unpaired) electrons. The van der Waals surface area contributed by atoms with Gasteiger partial charge < -0.3 is 15.2 Å². The number of nitrogens with two attached hydrogens (primary N) is 1. The zero-order chi connectivity index (χ0) is 12.3. The molecule has 0 aromatic heterocycles. The van der Waals surface area contributed by atoms with Crippen molar-refractivity contribution in [2.24, 2.45) is 5.73 Å². The van der Waals surface area contributed by atoms with Gasteiger partial charge in [0.05, 0.1) is 5.56 Å². The molecular formula is C12H12BrNO3. The molecule has 0 bridgehead atoms. The molecule has 17 heavy (non-hydrogen) atoms. The minimum absolute atomic E-state index is 0.447. The van der Waals surface area contributed by atoms with Crippen molar-refractivity contribution in [3.05, 3.63) is 27.7 Å². The molecule has 5 heteroatoms. The highest BCUT2D eigenvalue weighted by Gasteiger charge is 2.21. The average Bonchev–Trinajstić information content (AvgIpc) is 2.36. The molecule has 90 valence electrons. The molecule has 0 saturated heterocycles. The molecule has 0 aliphatic carbocycles. The summed E-state index contributed by atoms with van der Waals surface area (Å²) in [6.45, 7) is 1.38. The molecular weight excluding hydrogens is 286 g/mol. The lowest BCUT2D eigenvalue weighted by molar-refractivity contribution is 0.111. The van der Waals surface area contributed by atoms with E-state index in [0.29, 0.717) is 41.3 Å². The van der Waals surface area contributed by atoms with Gasteiger partial charge in [-0.3, -0.25) is 4.79 Å². The van der Waals surface area contributed by atoms with Crippen molar-refractivity contribution in [2.75, 3.05) is 19.8 Å². The molecule has 0 fully saturated rings. The summed E-state index contributed by atoms with van der Waals surface area (Å²) in [6.07, 6.45) is 4.43. The van der Waals surface area contributed by atoms with Crippen molar-refractivity contribution in [1.29, 1.82) is 0 Å². The van der Waals surface area contributed by atoms with Crippen LogP contribution in [0, 0.1) is 0 Å². The summed E-state index contributed by atoms with van der Waals surface area (Å²) in [5, 5.41) is 0. The van der Waals surface area contributed by atoms with Crippen LogP contribution in [0.3, 0.4) is 0 Å². The van der Waals surface area contributed by atoms with Crippen LogP contribution < -0.4 is 15.2 Å². The molecule has 0 atom stereocenters.